The number of nitro groups is 1. The lowest BCUT2D eigenvalue weighted by atomic mass is 10.00. The minimum absolute atomic E-state index is 0.101. The third-order valence-corrected chi connectivity index (χ3v) is 3.57. The maximum absolute atomic E-state index is 10.7. The number of piperidine rings is 1. The van der Waals surface area contributed by atoms with Crippen molar-refractivity contribution in [1.82, 2.24) is 5.01 Å². The summed E-state index contributed by atoms with van der Waals surface area (Å²) in [6.45, 7) is 4.33. The van der Waals surface area contributed by atoms with Crippen molar-refractivity contribution in [2.24, 2.45) is 5.10 Å². The van der Waals surface area contributed by atoms with Crippen molar-refractivity contribution in [3.8, 4) is 0 Å². The van der Waals surface area contributed by atoms with E-state index in [4.69, 9.17) is 0 Å². The summed E-state index contributed by atoms with van der Waals surface area (Å²) in [5.41, 5.74) is 0.864. The monoisotopic (exact) mass is 261 g/mol. The Hall–Kier alpha value is -1.91. The summed E-state index contributed by atoms with van der Waals surface area (Å²) in [6, 6.07) is 7.40. The van der Waals surface area contributed by atoms with Crippen molar-refractivity contribution in [2.75, 3.05) is 0 Å². The molecule has 0 amide bonds. The van der Waals surface area contributed by atoms with Crippen LogP contribution in [-0.4, -0.2) is 28.2 Å². The molecule has 1 saturated heterocycles. The van der Waals surface area contributed by atoms with Crippen LogP contribution in [0, 0.1) is 10.1 Å². The molecule has 2 rings (SSSR count). The second kappa shape index (κ2) is 5.82. The molecule has 1 aromatic carbocycles. The number of hydrogen-bond donors (Lipinski definition) is 0. The van der Waals surface area contributed by atoms with E-state index < -0.39 is 0 Å². The van der Waals surface area contributed by atoms with Crippen LogP contribution >= 0.6 is 0 Å². The van der Waals surface area contributed by atoms with Gasteiger partial charge in [0.25, 0.3) is 5.69 Å². The molecule has 0 N–H and O–H groups in total. The van der Waals surface area contributed by atoms with Crippen LogP contribution in [0.1, 0.15) is 38.7 Å². The van der Waals surface area contributed by atoms with Gasteiger partial charge < -0.3 is 0 Å². The van der Waals surface area contributed by atoms with Gasteiger partial charge in [-0.2, -0.15) is 5.10 Å². The van der Waals surface area contributed by atoms with Gasteiger partial charge in [-0.25, -0.2) is 0 Å². The Morgan fingerprint density at radius 1 is 1.37 bits per heavy atom. The smallest absolute Gasteiger partial charge is 0.270 e. The van der Waals surface area contributed by atoms with Crippen LogP contribution in [0.25, 0.3) is 0 Å². The summed E-state index contributed by atoms with van der Waals surface area (Å²) in [5.74, 6) is 0. The fraction of sp³-hybridized carbons (Fsp3) is 0.500. The van der Waals surface area contributed by atoms with Crippen molar-refractivity contribution in [3.63, 3.8) is 0 Å². The van der Waals surface area contributed by atoms with Gasteiger partial charge in [0.2, 0.25) is 0 Å². The van der Waals surface area contributed by atoms with Gasteiger partial charge in [-0.3, -0.25) is 15.1 Å². The molecule has 0 saturated carbocycles. The predicted molar refractivity (Wildman–Crippen MR) is 75.3 cm³/mol. The van der Waals surface area contributed by atoms with Gasteiger partial charge in [0.1, 0.15) is 0 Å². The number of nitrogens with zero attached hydrogens (tertiary/aromatic N) is 3. The van der Waals surface area contributed by atoms with Crippen molar-refractivity contribution < 1.29 is 4.92 Å². The fourth-order valence-corrected chi connectivity index (χ4v) is 2.49. The molecular formula is C14H19N3O2. The van der Waals surface area contributed by atoms with E-state index in [0.29, 0.717) is 12.1 Å². The van der Waals surface area contributed by atoms with Crippen LogP contribution < -0.4 is 0 Å². The number of benzene rings is 1. The number of nitro benzene ring substituents is 1. The molecule has 1 aromatic rings. The largest absolute Gasteiger partial charge is 0.292 e. The molecule has 0 aliphatic carbocycles. The molecule has 1 aliphatic heterocycles. The standard InChI is InChI=1S/C14H19N3O2/c1-11-5-3-6-12(2)16(11)15-10-13-7-4-8-14(9-13)17(18)19/h4,7-12H,3,5-6H2,1-2H3/b15-10-/t11-,12-/m1/s1. The van der Waals surface area contributed by atoms with Gasteiger partial charge in [0.15, 0.2) is 0 Å². The quantitative estimate of drug-likeness (QED) is 0.477. The van der Waals surface area contributed by atoms with Crippen LogP contribution in [0.2, 0.25) is 0 Å². The Bertz CT molecular complexity index is 477. The molecule has 102 valence electrons. The third kappa shape index (κ3) is 3.30. The van der Waals surface area contributed by atoms with Crippen LogP contribution in [-0.2, 0) is 0 Å². The molecule has 0 bridgehead atoms. The summed E-state index contributed by atoms with van der Waals surface area (Å²) in [7, 11) is 0. The number of hydrogen-bond acceptors (Lipinski definition) is 4. The first-order valence-electron chi connectivity index (χ1n) is 6.64. The SMILES string of the molecule is C[C@@H]1CCC[C@@H](C)N1/N=C\c1cccc([N+](=O)[O-])c1. The van der Waals surface area contributed by atoms with Gasteiger partial charge in [-0.1, -0.05) is 12.1 Å². The van der Waals surface area contributed by atoms with Crippen LogP contribution in [0.15, 0.2) is 29.4 Å². The van der Waals surface area contributed by atoms with E-state index in [1.54, 1.807) is 18.3 Å². The minimum Gasteiger partial charge on any atom is -0.292 e. The first-order chi connectivity index (χ1) is 9.08. The summed E-state index contributed by atoms with van der Waals surface area (Å²) in [6.07, 6.45) is 5.25. The number of non-ortho nitro benzene ring substituents is 1. The maximum Gasteiger partial charge on any atom is 0.270 e. The van der Waals surface area contributed by atoms with Crippen molar-refractivity contribution in [1.29, 1.82) is 0 Å². The van der Waals surface area contributed by atoms with Gasteiger partial charge >= 0.3 is 0 Å². The molecule has 2 atom stereocenters. The van der Waals surface area contributed by atoms with E-state index in [1.807, 2.05) is 6.07 Å². The first-order valence-corrected chi connectivity index (χ1v) is 6.64. The summed E-state index contributed by atoms with van der Waals surface area (Å²) >= 11 is 0. The van der Waals surface area contributed by atoms with Gasteiger partial charge in [0.05, 0.1) is 11.1 Å². The van der Waals surface area contributed by atoms with Gasteiger partial charge in [0, 0.05) is 29.8 Å². The molecule has 19 heavy (non-hydrogen) atoms. The highest BCUT2D eigenvalue weighted by Crippen LogP contribution is 2.22. The van der Waals surface area contributed by atoms with Gasteiger partial charge in [-0.15, -0.1) is 0 Å². The second-order valence-corrected chi connectivity index (χ2v) is 5.11. The minimum atomic E-state index is -0.385. The molecule has 1 aliphatic rings. The molecule has 5 nitrogen and oxygen atoms in total. The lowest BCUT2D eigenvalue weighted by Crippen LogP contribution is -2.39. The van der Waals surface area contributed by atoms with E-state index in [1.165, 1.54) is 12.5 Å². The lowest BCUT2D eigenvalue weighted by molar-refractivity contribution is -0.384. The molecule has 0 radical (unpaired) electrons. The average Bonchev–Trinajstić information content (AvgIpc) is 2.38. The zero-order valence-electron chi connectivity index (χ0n) is 11.3. The number of rotatable bonds is 3. The Labute approximate surface area is 113 Å². The topological polar surface area (TPSA) is 58.7 Å². The Morgan fingerprint density at radius 2 is 2.05 bits per heavy atom. The van der Waals surface area contributed by atoms with Crippen LogP contribution in [0.4, 0.5) is 5.69 Å². The zero-order valence-corrected chi connectivity index (χ0v) is 11.3. The molecule has 0 unspecified atom stereocenters. The highest BCUT2D eigenvalue weighted by atomic mass is 16.6. The first kappa shape index (κ1) is 13.5. The van der Waals surface area contributed by atoms with Gasteiger partial charge in [-0.05, 0) is 33.1 Å². The molecular weight excluding hydrogens is 242 g/mol. The van der Waals surface area contributed by atoms with Crippen molar-refractivity contribution in [3.05, 3.63) is 39.9 Å². The predicted octanol–water partition coefficient (Wildman–Crippen LogP) is 3.19. The Morgan fingerprint density at radius 3 is 2.68 bits per heavy atom. The number of hydrazone groups is 1. The highest BCUT2D eigenvalue weighted by molar-refractivity contribution is 5.80. The van der Waals surface area contributed by atoms with E-state index in [9.17, 15) is 10.1 Å². The van der Waals surface area contributed by atoms with E-state index >= 15 is 0 Å². The summed E-state index contributed by atoms with van der Waals surface area (Å²) in [4.78, 5) is 10.3. The fourth-order valence-electron chi connectivity index (χ4n) is 2.49. The van der Waals surface area contributed by atoms with E-state index in [2.05, 4.69) is 24.0 Å². The molecule has 5 heteroatoms. The average molecular weight is 261 g/mol. The van der Waals surface area contributed by atoms with Crippen LogP contribution in [0.5, 0.6) is 0 Å². The highest BCUT2D eigenvalue weighted by Gasteiger charge is 2.22. The molecule has 1 fully saturated rings. The third-order valence-electron chi connectivity index (χ3n) is 3.57. The van der Waals surface area contributed by atoms with Crippen LogP contribution in [0.3, 0.4) is 0 Å². The van der Waals surface area contributed by atoms with Crippen molar-refractivity contribution in [2.45, 2.75) is 45.2 Å². The Kier molecular flexibility index (Phi) is 4.14. The molecule has 0 spiro atoms. The van der Waals surface area contributed by atoms with Crippen molar-refractivity contribution >= 4 is 11.9 Å². The maximum atomic E-state index is 10.7. The lowest BCUT2D eigenvalue weighted by Gasteiger charge is -2.36. The summed E-state index contributed by atoms with van der Waals surface area (Å²) in [5, 5.41) is 17.3. The zero-order chi connectivity index (χ0) is 13.8. The molecule has 0 aromatic heterocycles. The summed E-state index contributed by atoms with van der Waals surface area (Å²) < 4.78 is 0. The van der Waals surface area contributed by atoms with E-state index in [0.717, 1.165) is 18.4 Å². The normalized spacial score (nSPS) is 23.8. The second-order valence-electron chi connectivity index (χ2n) is 5.11. The van der Waals surface area contributed by atoms with E-state index in [-0.39, 0.29) is 10.6 Å². The Balaban J connectivity index is 2.13. The molecule has 1 heterocycles.